The zero-order chi connectivity index (χ0) is 14.4. The fraction of sp³-hybridized carbons (Fsp3) is 0.353. The van der Waals surface area contributed by atoms with Gasteiger partial charge in [-0.05, 0) is 37.1 Å². The SMILES string of the molecule is CCCCN(c1ccccc1)c1ccc(C(C)O)cn1. The van der Waals surface area contributed by atoms with Crippen molar-refractivity contribution in [3.05, 3.63) is 54.2 Å². The van der Waals surface area contributed by atoms with E-state index in [2.05, 4.69) is 28.9 Å². The molecule has 0 radical (unpaired) electrons. The van der Waals surface area contributed by atoms with Crippen LogP contribution in [0.15, 0.2) is 48.7 Å². The Hall–Kier alpha value is -1.87. The molecule has 2 rings (SSSR count). The molecule has 0 aliphatic rings. The highest BCUT2D eigenvalue weighted by molar-refractivity contribution is 5.59. The van der Waals surface area contributed by atoms with Crippen molar-refractivity contribution >= 4 is 11.5 Å². The van der Waals surface area contributed by atoms with Gasteiger partial charge in [-0.3, -0.25) is 0 Å². The summed E-state index contributed by atoms with van der Waals surface area (Å²) in [5.41, 5.74) is 2.00. The monoisotopic (exact) mass is 270 g/mol. The third kappa shape index (κ3) is 3.58. The summed E-state index contributed by atoms with van der Waals surface area (Å²) in [5.74, 6) is 0.925. The maximum absolute atomic E-state index is 9.56. The molecule has 0 saturated carbocycles. The van der Waals surface area contributed by atoms with Gasteiger partial charge < -0.3 is 10.0 Å². The van der Waals surface area contributed by atoms with Crippen LogP contribution >= 0.6 is 0 Å². The number of hydrogen-bond donors (Lipinski definition) is 1. The largest absolute Gasteiger partial charge is 0.389 e. The van der Waals surface area contributed by atoms with Crippen molar-refractivity contribution in [1.29, 1.82) is 0 Å². The number of para-hydroxylation sites is 1. The molecular weight excluding hydrogens is 248 g/mol. The molecule has 0 fully saturated rings. The van der Waals surface area contributed by atoms with Gasteiger partial charge in [0.05, 0.1) is 6.10 Å². The number of aliphatic hydroxyl groups excluding tert-OH is 1. The Kier molecular flexibility index (Phi) is 5.13. The van der Waals surface area contributed by atoms with Gasteiger partial charge in [0.15, 0.2) is 0 Å². The van der Waals surface area contributed by atoms with E-state index in [1.807, 2.05) is 30.3 Å². The quantitative estimate of drug-likeness (QED) is 0.859. The molecule has 1 aromatic carbocycles. The third-order valence-electron chi connectivity index (χ3n) is 3.33. The molecule has 20 heavy (non-hydrogen) atoms. The fourth-order valence-corrected chi connectivity index (χ4v) is 2.10. The summed E-state index contributed by atoms with van der Waals surface area (Å²) in [7, 11) is 0. The van der Waals surface area contributed by atoms with E-state index in [0.29, 0.717) is 0 Å². The van der Waals surface area contributed by atoms with Crippen molar-refractivity contribution in [2.45, 2.75) is 32.8 Å². The molecule has 3 heteroatoms. The molecule has 0 spiro atoms. The number of aliphatic hydroxyl groups is 1. The fourth-order valence-electron chi connectivity index (χ4n) is 2.10. The van der Waals surface area contributed by atoms with Crippen molar-refractivity contribution in [2.24, 2.45) is 0 Å². The van der Waals surface area contributed by atoms with Gasteiger partial charge >= 0.3 is 0 Å². The lowest BCUT2D eigenvalue weighted by Crippen LogP contribution is -2.19. The molecule has 0 bridgehead atoms. The molecule has 1 heterocycles. The van der Waals surface area contributed by atoms with Gasteiger partial charge in [-0.1, -0.05) is 37.6 Å². The zero-order valence-corrected chi connectivity index (χ0v) is 12.2. The van der Waals surface area contributed by atoms with Crippen molar-refractivity contribution in [3.8, 4) is 0 Å². The topological polar surface area (TPSA) is 36.4 Å². The van der Waals surface area contributed by atoms with Gasteiger partial charge in [-0.25, -0.2) is 4.98 Å². The first-order valence-corrected chi connectivity index (χ1v) is 7.19. The van der Waals surface area contributed by atoms with Crippen LogP contribution in [0.3, 0.4) is 0 Å². The average molecular weight is 270 g/mol. The van der Waals surface area contributed by atoms with E-state index in [0.717, 1.165) is 36.5 Å². The smallest absolute Gasteiger partial charge is 0.132 e. The van der Waals surface area contributed by atoms with Gasteiger partial charge in [0.1, 0.15) is 5.82 Å². The standard InChI is InChI=1S/C17H22N2O/c1-3-4-12-19(16-8-6-5-7-9-16)17-11-10-15(13-18-17)14(2)20/h5-11,13-14,20H,3-4,12H2,1-2H3. The number of rotatable bonds is 6. The number of pyridine rings is 1. The van der Waals surface area contributed by atoms with Crippen molar-refractivity contribution < 1.29 is 5.11 Å². The number of benzene rings is 1. The van der Waals surface area contributed by atoms with E-state index in [9.17, 15) is 5.11 Å². The Morgan fingerprint density at radius 2 is 1.90 bits per heavy atom. The van der Waals surface area contributed by atoms with Crippen LogP contribution < -0.4 is 4.90 Å². The van der Waals surface area contributed by atoms with E-state index in [4.69, 9.17) is 0 Å². The summed E-state index contributed by atoms with van der Waals surface area (Å²) in [6.45, 7) is 4.89. The van der Waals surface area contributed by atoms with Gasteiger partial charge in [0, 0.05) is 18.4 Å². The Morgan fingerprint density at radius 1 is 1.15 bits per heavy atom. The van der Waals surface area contributed by atoms with E-state index in [1.165, 1.54) is 0 Å². The van der Waals surface area contributed by atoms with Crippen molar-refractivity contribution in [2.75, 3.05) is 11.4 Å². The lowest BCUT2D eigenvalue weighted by Gasteiger charge is -2.24. The van der Waals surface area contributed by atoms with Gasteiger partial charge in [-0.2, -0.15) is 0 Å². The van der Waals surface area contributed by atoms with Crippen LogP contribution in [0.1, 0.15) is 38.4 Å². The van der Waals surface area contributed by atoms with Gasteiger partial charge in [-0.15, -0.1) is 0 Å². The van der Waals surface area contributed by atoms with Crippen LogP contribution in [-0.4, -0.2) is 16.6 Å². The lowest BCUT2D eigenvalue weighted by molar-refractivity contribution is 0.199. The summed E-state index contributed by atoms with van der Waals surface area (Å²) >= 11 is 0. The Balaban J connectivity index is 2.26. The molecule has 1 aromatic heterocycles. The third-order valence-corrected chi connectivity index (χ3v) is 3.33. The van der Waals surface area contributed by atoms with E-state index in [1.54, 1.807) is 13.1 Å². The molecule has 1 atom stereocenters. The molecule has 2 aromatic rings. The average Bonchev–Trinajstić information content (AvgIpc) is 2.49. The highest BCUT2D eigenvalue weighted by Gasteiger charge is 2.10. The summed E-state index contributed by atoms with van der Waals surface area (Å²) in [6, 6.07) is 14.2. The second kappa shape index (κ2) is 7.06. The predicted octanol–water partition coefficient (Wildman–Crippen LogP) is 4.07. The lowest BCUT2D eigenvalue weighted by atomic mass is 10.2. The number of anilines is 2. The van der Waals surface area contributed by atoms with Crippen molar-refractivity contribution in [1.82, 2.24) is 4.98 Å². The second-order valence-electron chi connectivity index (χ2n) is 4.97. The number of unbranched alkanes of at least 4 members (excludes halogenated alkanes) is 1. The van der Waals surface area contributed by atoms with Crippen LogP contribution in [0.25, 0.3) is 0 Å². The minimum Gasteiger partial charge on any atom is -0.389 e. The molecule has 3 nitrogen and oxygen atoms in total. The minimum absolute atomic E-state index is 0.475. The summed E-state index contributed by atoms with van der Waals surface area (Å²) in [5, 5.41) is 9.56. The first-order chi connectivity index (χ1) is 9.72. The predicted molar refractivity (Wildman–Crippen MR) is 83.2 cm³/mol. The molecule has 1 N–H and O–H groups in total. The summed E-state index contributed by atoms with van der Waals surface area (Å²) < 4.78 is 0. The van der Waals surface area contributed by atoms with Crippen LogP contribution in [0.2, 0.25) is 0 Å². The molecule has 0 aliphatic carbocycles. The molecule has 0 aliphatic heterocycles. The van der Waals surface area contributed by atoms with Crippen LogP contribution in [0.4, 0.5) is 11.5 Å². The second-order valence-corrected chi connectivity index (χ2v) is 4.97. The van der Waals surface area contributed by atoms with Crippen LogP contribution in [0.5, 0.6) is 0 Å². The number of aromatic nitrogens is 1. The van der Waals surface area contributed by atoms with Gasteiger partial charge in [0.2, 0.25) is 0 Å². The molecule has 1 unspecified atom stereocenters. The molecule has 0 saturated heterocycles. The molecule has 0 amide bonds. The summed E-state index contributed by atoms with van der Waals surface area (Å²) in [6.07, 6.45) is 3.54. The van der Waals surface area contributed by atoms with Gasteiger partial charge in [0.25, 0.3) is 0 Å². The zero-order valence-electron chi connectivity index (χ0n) is 12.2. The van der Waals surface area contributed by atoms with Crippen molar-refractivity contribution in [3.63, 3.8) is 0 Å². The molecular formula is C17H22N2O. The van der Waals surface area contributed by atoms with E-state index in [-0.39, 0.29) is 0 Å². The first kappa shape index (κ1) is 14.5. The van der Waals surface area contributed by atoms with Crippen LogP contribution in [-0.2, 0) is 0 Å². The van der Waals surface area contributed by atoms with E-state index >= 15 is 0 Å². The van der Waals surface area contributed by atoms with Crippen LogP contribution in [0, 0.1) is 0 Å². The first-order valence-electron chi connectivity index (χ1n) is 7.19. The van der Waals surface area contributed by atoms with E-state index < -0.39 is 6.10 Å². The normalized spacial score (nSPS) is 12.2. The maximum atomic E-state index is 9.56. The Bertz CT molecular complexity index is 508. The number of nitrogens with zero attached hydrogens (tertiary/aromatic N) is 2. The minimum atomic E-state index is -0.475. The Morgan fingerprint density at radius 3 is 2.45 bits per heavy atom. The Labute approximate surface area is 120 Å². The highest BCUT2D eigenvalue weighted by Crippen LogP contribution is 2.24. The highest BCUT2D eigenvalue weighted by atomic mass is 16.3. The summed E-state index contributed by atoms with van der Waals surface area (Å²) in [4.78, 5) is 6.71. The maximum Gasteiger partial charge on any atom is 0.132 e. The number of hydrogen-bond acceptors (Lipinski definition) is 3. The molecule has 106 valence electrons.